The van der Waals surface area contributed by atoms with E-state index in [1.54, 1.807) is 0 Å². The predicted octanol–water partition coefficient (Wildman–Crippen LogP) is 6.79. The zero-order valence-corrected chi connectivity index (χ0v) is 15.2. The summed E-state index contributed by atoms with van der Waals surface area (Å²) >= 11 is 0. The van der Waals surface area contributed by atoms with Crippen molar-refractivity contribution in [3.05, 3.63) is 113 Å². The average Bonchev–Trinajstić information content (AvgIpc) is 2.66. The molecule has 0 heterocycles. The van der Waals surface area contributed by atoms with Crippen molar-refractivity contribution in [1.82, 2.24) is 0 Å². The van der Waals surface area contributed by atoms with Crippen molar-refractivity contribution in [2.45, 2.75) is 32.6 Å². The molecule has 25 heavy (non-hydrogen) atoms. The third kappa shape index (κ3) is 4.70. The molecule has 3 aromatic carbocycles. The fraction of sp³-hybridized carbons (Fsp3) is 0.200. The summed E-state index contributed by atoms with van der Waals surface area (Å²) < 4.78 is 0. The van der Waals surface area contributed by atoms with Gasteiger partial charge in [0.1, 0.15) is 0 Å². The number of benzene rings is 3. The number of hydrogen-bond acceptors (Lipinski definition) is 0. The van der Waals surface area contributed by atoms with E-state index in [4.69, 9.17) is 0 Å². The normalized spacial score (nSPS) is 12.4. The fourth-order valence-electron chi connectivity index (χ4n) is 3.25. The van der Waals surface area contributed by atoms with Crippen molar-refractivity contribution in [1.29, 1.82) is 0 Å². The third-order valence-electron chi connectivity index (χ3n) is 4.72. The summed E-state index contributed by atoms with van der Waals surface area (Å²) in [7, 11) is 0. The highest BCUT2D eigenvalue weighted by molar-refractivity contribution is 5.50. The number of rotatable bonds is 6. The SMILES string of the molecule is CCc1ccc(C(CC=Cc2cccc(C)c2)c2ccccc2)cc1. The van der Waals surface area contributed by atoms with Crippen molar-refractivity contribution in [2.75, 3.05) is 0 Å². The van der Waals surface area contributed by atoms with E-state index in [0.717, 1.165) is 12.8 Å². The zero-order valence-electron chi connectivity index (χ0n) is 15.2. The first-order chi connectivity index (χ1) is 12.3. The molecule has 3 aromatic rings. The van der Waals surface area contributed by atoms with Crippen LogP contribution in [0, 0.1) is 6.92 Å². The molecule has 0 N–H and O–H groups in total. The van der Waals surface area contributed by atoms with Gasteiger partial charge in [0.15, 0.2) is 0 Å². The van der Waals surface area contributed by atoms with Gasteiger partial charge in [-0.05, 0) is 42.0 Å². The van der Waals surface area contributed by atoms with Crippen LogP contribution in [0.5, 0.6) is 0 Å². The molecule has 0 aliphatic rings. The maximum atomic E-state index is 2.31. The molecule has 126 valence electrons. The Bertz CT molecular complexity index is 810. The summed E-state index contributed by atoms with van der Waals surface area (Å²) in [6.45, 7) is 4.34. The van der Waals surface area contributed by atoms with Gasteiger partial charge in [0.05, 0.1) is 0 Å². The minimum absolute atomic E-state index is 0.396. The van der Waals surface area contributed by atoms with Gasteiger partial charge >= 0.3 is 0 Å². The minimum atomic E-state index is 0.396. The van der Waals surface area contributed by atoms with E-state index in [2.05, 4.69) is 105 Å². The van der Waals surface area contributed by atoms with Gasteiger partial charge in [0.2, 0.25) is 0 Å². The third-order valence-corrected chi connectivity index (χ3v) is 4.72. The zero-order chi connectivity index (χ0) is 17.5. The van der Waals surface area contributed by atoms with Crippen LogP contribution in [-0.2, 0) is 6.42 Å². The molecule has 0 spiro atoms. The molecule has 0 aromatic heterocycles. The lowest BCUT2D eigenvalue weighted by molar-refractivity contribution is 0.830. The molecule has 1 unspecified atom stereocenters. The maximum Gasteiger partial charge on any atom is 0.0124 e. The minimum Gasteiger partial charge on any atom is -0.0830 e. The van der Waals surface area contributed by atoms with Gasteiger partial charge in [-0.3, -0.25) is 0 Å². The first kappa shape index (κ1) is 17.2. The summed E-state index contributed by atoms with van der Waals surface area (Å²) in [5.74, 6) is 0.396. The smallest absolute Gasteiger partial charge is 0.0124 e. The second-order valence-electron chi connectivity index (χ2n) is 6.61. The van der Waals surface area contributed by atoms with E-state index in [9.17, 15) is 0 Å². The van der Waals surface area contributed by atoms with Crippen molar-refractivity contribution in [3.63, 3.8) is 0 Å². The van der Waals surface area contributed by atoms with E-state index in [1.807, 2.05) is 0 Å². The molecular formula is C25H26. The van der Waals surface area contributed by atoms with Gasteiger partial charge in [-0.15, -0.1) is 0 Å². The van der Waals surface area contributed by atoms with Crippen molar-refractivity contribution in [3.8, 4) is 0 Å². The molecule has 0 nitrogen and oxygen atoms in total. The van der Waals surface area contributed by atoms with Gasteiger partial charge in [0.25, 0.3) is 0 Å². The fourth-order valence-corrected chi connectivity index (χ4v) is 3.25. The largest absolute Gasteiger partial charge is 0.0830 e. The molecule has 0 aliphatic carbocycles. The van der Waals surface area contributed by atoms with Gasteiger partial charge in [-0.25, -0.2) is 0 Å². The molecule has 0 heteroatoms. The van der Waals surface area contributed by atoms with Crippen LogP contribution >= 0.6 is 0 Å². The van der Waals surface area contributed by atoms with Crippen LogP contribution < -0.4 is 0 Å². The molecule has 0 bridgehead atoms. The highest BCUT2D eigenvalue weighted by Crippen LogP contribution is 2.29. The standard InChI is InChI=1S/C25H26/c1-3-21-15-17-24(18-16-21)25(23-12-5-4-6-13-23)14-8-11-22-10-7-9-20(2)19-22/h4-13,15-19,25H,3,14H2,1-2H3. The predicted molar refractivity (Wildman–Crippen MR) is 109 cm³/mol. The topological polar surface area (TPSA) is 0 Å². The Morgan fingerprint density at radius 3 is 2.20 bits per heavy atom. The van der Waals surface area contributed by atoms with Gasteiger partial charge < -0.3 is 0 Å². The average molecular weight is 326 g/mol. The first-order valence-corrected chi connectivity index (χ1v) is 9.13. The first-order valence-electron chi connectivity index (χ1n) is 9.13. The van der Waals surface area contributed by atoms with Crippen LogP contribution in [0.15, 0.2) is 84.9 Å². The van der Waals surface area contributed by atoms with Gasteiger partial charge in [-0.2, -0.15) is 0 Å². The van der Waals surface area contributed by atoms with E-state index in [-0.39, 0.29) is 0 Å². The molecule has 0 aliphatic heterocycles. The Hall–Kier alpha value is -2.60. The van der Waals surface area contributed by atoms with Crippen LogP contribution in [0.3, 0.4) is 0 Å². The summed E-state index contributed by atoms with van der Waals surface area (Å²) in [5.41, 5.74) is 6.73. The lowest BCUT2D eigenvalue weighted by Crippen LogP contribution is -2.00. The van der Waals surface area contributed by atoms with Crippen molar-refractivity contribution < 1.29 is 0 Å². The summed E-state index contributed by atoms with van der Waals surface area (Å²) in [5, 5.41) is 0. The Balaban J connectivity index is 1.83. The molecule has 3 rings (SSSR count). The highest BCUT2D eigenvalue weighted by Gasteiger charge is 2.12. The van der Waals surface area contributed by atoms with Crippen LogP contribution in [0.4, 0.5) is 0 Å². The van der Waals surface area contributed by atoms with Gasteiger partial charge in [0, 0.05) is 5.92 Å². The van der Waals surface area contributed by atoms with E-state index in [0.29, 0.717) is 5.92 Å². The van der Waals surface area contributed by atoms with E-state index >= 15 is 0 Å². The maximum absolute atomic E-state index is 2.31. The summed E-state index contributed by atoms with van der Waals surface area (Å²) in [6.07, 6.45) is 6.64. The van der Waals surface area contributed by atoms with Crippen LogP contribution in [0.2, 0.25) is 0 Å². The Labute approximate surface area is 151 Å². The highest BCUT2D eigenvalue weighted by atomic mass is 14.2. The molecule has 0 amide bonds. The van der Waals surface area contributed by atoms with Crippen molar-refractivity contribution in [2.24, 2.45) is 0 Å². The second-order valence-corrected chi connectivity index (χ2v) is 6.61. The molecule has 0 saturated carbocycles. The number of allylic oxidation sites excluding steroid dienone is 1. The van der Waals surface area contributed by atoms with Crippen LogP contribution in [-0.4, -0.2) is 0 Å². The molecule has 1 atom stereocenters. The molecule has 0 saturated heterocycles. The Kier molecular flexibility index (Phi) is 5.85. The van der Waals surface area contributed by atoms with Crippen LogP contribution in [0.25, 0.3) is 6.08 Å². The lowest BCUT2D eigenvalue weighted by Gasteiger charge is -2.17. The molecule has 0 radical (unpaired) electrons. The number of aryl methyl sites for hydroxylation is 2. The Morgan fingerprint density at radius 2 is 1.52 bits per heavy atom. The quantitative estimate of drug-likeness (QED) is 0.467. The number of hydrogen-bond donors (Lipinski definition) is 0. The molecule has 0 fully saturated rings. The van der Waals surface area contributed by atoms with Crippen molar-refractivity contribution >= 4 is 6.08 Å². The second kappa shape index (κ2) is 8.48. The molecular weight excluding hydrogens is 300 g/mol. The lowest BCUT2D eigenvalue weighted by atomic mass is 9.87. The van der Waals surface area contributed by atoms with E-state index in [1.165, 1.54) is 27.8 Å². The summed E-state index contributed by atoms with van der Waals surface area (Å²) in [6, 6.07) is 28.6. The van der Waals surface area contributed by atoms with E-state index < -0.39 is 0 Å². The Morgan fingerprint density at radius 1 is 0.800 bits per heavy atom. The monoisotopic (exact) mass is 326 g/mol. The summed E-state index contributed by atoms with van der Waals surface area (Å²) in [4.78, 5) is 0. The van der Waals surface area contributed by atoms with Gasteiger partial charge in [-0.1, -0.05) is 104 Å². The van der Waals surface area contributed by atoms with Crippen LogP contribution in [0.1, 0.15) is 47.1 Å².